The van der Waals surface area contributed by atoms with Crippen molar-refractivity contribution >= 4 is 88.9 Å². The molecule has 0 amide bonds. The molecule has 0 heteroatoms. The molecule has 0 bridgehead atoms. The molecule has 0 aliphatic heterocycles. The number of hydrogen-bond acceptors (Lipinski definition) is 0. The minimum atomic E-state index is 1.20. The topological polar surface area (TPSA) is 0 Å². The van der Waals surface area contributed by atoms with Crippen LogP contribution in [0.2, 0.25) is 0 Å². The van der Waals surface area contributed by atoms with Crippen LogP contribution in [0.3, 0.4) is 0 Å². The third kappa shape index (κ3) is 5.00. The molecule has 0 aromatic heterocycles. The van der Waals surface area contributed by atoms with Gasteiger partial charge in [0.05, 0.1) is 0 Å². The molecule has 0 nitrogen and oxygen atoms in total. The average Bonchev–Trinajstić information content (AvgIpc) is 3.75. The van der Waals surface area contributed by atoms with Crippen LogP contribution < -0.4 is 0 Å². The summed E-state index contributed by atoms with van der Waals surface area (Å²) in [6.07, 6.45) is 9.03. The van der Waals surface area contributed by atoms with Crippen molar-refractivity contribution in [3.8, 4) is 22.3 Å². The molecule has 11 aromatic rings. The summed E-state index contributed by atoms with van der Waals surface area (Å²) in [4.78, 5) is 0. The van der Waals surface area contributed by atoms with Crippen LogP contribution in [-0.2, 0) is 0 Å². The van der Waals surface area contributed by atoms with Crippen LogP contribution >= 0.6 is 0 Å². The molecule has 0 spiro atoms. The Morgan fingerprint density at radius 2 is 0.661 bits per heavy atom. The molecule has 0 aliphatic carbocycles. The van der Waals surface area contributed by atoms with E-state index in [1.54, 1.807) is 0 Å². The lowest BCUT2D eigenvalue weighted by molar-refractivity contribution is 1.47. The van der Waals surface area contributed by atoms with Crippen LogP contribution in [0.1, 0.15) is 33.4 Å². The standard InChI is InChI=1S/C56H38/c1-35-13-9-19-41(33-35)49-53-45-23-11-21-43-40(28-26-38-17-7-4-8-18-38)30-32-48(51(43)45)56(53)50(42-20-10-14-36(2)34-42)54-46-24-12-22-44-39(27-25-37-15-5-3-6-16-37)29-31-47(52(44)46)55(49)54/h3-34H,1-2H3. The first-order valence-corrected chi connectivity index (χ1v) is 19.6. The molecule has 56 heavy (non-hydrogen) atoms. The SMILES string of the molecule is Cc1cccc(-c2c3c4cccc5c(C=Cc6ccccc6)ccc(c3c(-c3cccc(C)c3)c3c6cccc7c(C=Cc8ccccc8)ccc(c23)c76)c54)c1. The molecule has 0 aliphatic rings. The van der Waals surface area contributed by atoms with E-state index in [9.17, 15) is 0 Å². The quantitative estimate of drug-likeness (QED) is 0.151. The van der Waals surface area contributed by atoms with E-state index in [1.165, 1.54) is 120 Å². The lowest BCUT2D eigenvalue weighted by Gasteiger charge is -2.16. The van der Waals surface area contributed by atoms with Crippen LogP contribution in [0.25, 0.3) is 111 Å². The molecule has 0 saturated heterocycles. The molecule has 11 rings (SSSR count). The van der Waals surface area contributed by atoms with Gasteiger partial charge in [0, 0.05) is 0 Å². The second kappa shape index (κ2) is 12.8. The first kappa shape index (κ1) is 32.4. The molecule has 0 radical (unpaired) electrons. The van der Waals surface area contributed by atoms with E-state index in [0.29, 0.717) is 0 Å². The van der Waals surface area contributed by atoms with Gasteiger partial charge in [-0.05, 0) is 123 Å². The Balaban J connectivity index is 1.33. The predicted molar refractivity (Wildman–Crippen MR) is 245 cm³/mol. The maximum Gasteiger partial charge on any atom is -0.000718 e. The second-order valence-electron chi connectivity index (χ2n) is 15.3. The van der Waals surface area contributed by atoms with Crippen molar-refractivity contribution in [3.63, 3.8) is 0 Å². The summed E-state index contributed by atoms with van der Waals surface area (Å²) < 4.78 is 0. The Hall–Kier alpha value is -7.02. The van der Waals surface area contributed by atoms with Crippen molar-refractivity contribution in [1.82, 2.24) is 0 Å². The molecule has 262 valence electrons. The number of fused-ring (bicyclic) bond motifs is 6. The van der Waals surface area contributed by atoms with E-state index in [0.717, 1.165) is 0 Å². The number of hydrogen-bond donors (Lipinski definition) is 0. The minimum absolute atomic E-state index is 1.20. The van der Waals surface area contributed by atoms with Gasteiger partial charge in [-0.2, -0.15) is 0 Å². The van der Waals surface area contributed by atoms with Gasteiger partial charge < -0.3 is 0 Å². The predicted octanol–water partition coefficient (Wildman–Crippen LogP) is 15.8. The van der Waals surface area contributed by atoms with Gasteiger partial charge in [0.25, 0.3) is 0 Å². The Morgan fingerprint density at radius 1 is 0.286 bits per heavy atom. The van der Waals surface area contributed by atoms with E-state index < -0.39 is 0 Å². The minimum Gasteiger partial charge on any atom is -0.0622 e. The monoisotopic (exact) mass is 710 g/mol. The normalized spacial score (nSPS) is 12.3. The summed E-state index contributed by atoms with van der Waals surface area (Å²) in [5.41, 5.74) is 12.6. The largest absolute Gasteiger partial charge is 0.0622 e. The van der Waals surface area contributed by atoms with Crippen molar-refractivity contribution in [2.24, 2.45) is 0 Å². The Kier molecular flexibility index (Phi) is 7.41. The molecule has 0 saturated carbocycles. The summed E-state index contributed by atoms with van der Waals surface area (Å²) in [5, 5.41) is 15.8. The third-order valence-corrected chi connectivity index (χ3v) is 11.8. The van der Waals surface area contributed by atoms with Crippen molar-refractivity contribution in [1.29, 1.82) is 0 Å². The van der Waals surface area contributed by atoms with Crippen LogP contribution in [0.5, 0.6) is 0 Å². The summed E-state index contributed by atoms with van der Waals surface area (Å²) in [5.74, 6) is 0. The highest BCUT2D eigenvalue weighted by molar-refractivity contribution is 6.47. The first-order valence-electron chi connectivity index (χ1n) is 19.6. The lowest BCUT2D eigenvalue weighted by Crippen LogP contribution is -1.89. The van der Waals surface area contributed by atoms with Crippen molar-refractivity contribution in [3.05, 3.63) is 203 Å². The van der Waals surface area contributed by atoms with E-state index in [4.69, 9.17) is 0 Å². The lowest BCUT2D eigenvalue weighted by atomic mass is 9.86. The summed E-state index contributed by atoms with van der Waals surface area (Å²) in [7, 11) is 0. The van der Waals surface area contributed by atoms with Gasteiger partial charge in [0.1, 0.15) is 0 Å². The van der Waals surface area contributed by atoms with E-state index in [1.807, 2.05) is 0 Å². The van der Waals surface area contributed by atoms with Crippen LogP contribution in [0.4, 0.5) is 0 Å². The average molecular weight is 711 g/mol. The number of benzene rings is 9. The zero-order valence-electron chi connectivity index (χ0n) is 31.5. The smallest absolute Gasteiger partial charge is 0.000718 e. The molecular formula is C56H38. The van der Waals surface area contributed by atoms with Gasteiger partial charge in [0.2, 0.25) is 0 Å². The Labute approximate surface area is 327 Å². The molecule has 0 fully saturated rings. The van der Waals surface area contributed by atoms with Crippen LogP contribution in [0.15, 0.2) is 170 Å². The summed E-state index contributed by atoms with van der Waals surface area (Å²) in [6, 6.07) is 62.8. The zero-order valence-corrected chi connectivity index (χ0v) is 31.5. The molecule has 0 atom stereocenters. The van der Waals surface area contributed by atoms with Crippen molar-refractivity contribution < 1.29 is 0 Å². The van der Waals surface area contributed by atoms with E-state index in [2.05, 4.69) is 208 Å². The second-order valence-corrected chi connectivity index (χ2v) is 15.3. The zero-order chi connectivity index (χ0) is 37.3. The molecular weight excluding hydrogens is 673 g/mol. The van der Waals surface area contributed by atoms with Gasteiger partial charge in [-0.3, -0.25) is 0 Å². The highest BCUT2D eigenvalue weighted by atomic mass is 14.3. The van der Waals surface area contributed by atoms with E-state index in [-0.39, 0.29) is 0 Å². The maximum absolute atomic E-state index is 2.39. The highest BCUT2D eigenvalue weighted by Crippen LogP contribution is 2.56. The summed E-state index contributed by atoms with van der Waals surface area (Å²) >= 11 is 0. The number of rotatable bonds is 6. The van der Waals surface area contributed by atoms with Crippen molar-refractivity contribution in [2.75, 3.05) is 0 Å². The van der Waals surface area contributed by atoms with Gasteiger partial charge in [-0.15, -0.1) is 0 Å². The first-order chi connectivity index (χ1) is 27.6. The van der Waals surface area contributed by atoms with E-state index >= 15 is 0 Å². The van der Waals surface area contributed by atoms with Gasteiger partial charge in [0.15, 0.2) is 0 Å². The van der Waals surface area contributed by atoms with Gasteiger partial charge >= 0.3 is 0 Å². The maximum atomic E-state index is 2.39. The fraction of sp³-hybridized carbons (Fsp3) is 0.0357. The summed E-state index contributed by atoms with van der Waals surface area (Å²) in [6.45, 7) is 4.43. The third-order valence-electron chi connectivity index (χ3n) is 11.8. The molecule has 0 N–H and O–H groups in total. The van der Waals surface area contributed by atoms with Crippen molar-refractivity contribution in [2.45, 2.75) is 13.8 Å². The van der Waals surface area contributed by atoms with Gasteiger partial charge in [-0.25, -0.2) is 0 Å². The number of aryl methyl sites for hydroxylation is 2. The van der Waals surface area contributed by atoms with Crippen LogP contribution in [0, 0.1) is 13.8 Å². The molecule has 0 heterocycles. The Bertz CT molecular complexity index is 3060. The fourth-order valence-electron chi connectivity index (χ4n) is 9.49. The highest BCUT2D eigenvalue weighted by Gasteiger charge is 2.28. The van der Waals surface area contributed by atoms with Crippen LogP contribution in [-0.4, -0.2) is 0 Å². The molecule has 11 aromatic carbocycles. The fourth-order valence-corrected chi connectivity index (χ4v) is 9.49. The Morgan fingerprint density at radius 3 is 1.07 bits per heavy atom. The van der Waals surface area contributed by atoms with Gasteiger partial charge in [-0.1, -0.05) is 205 Å². The molecule has 0 unspecified atom stereocenters.